The Morgan fingerprint density at radius 3 is 2.55 bits per heavy atom. The first-order chi connectivity index (χ1) is 10.6. The molecule has 5 heteroatoms. The zero-order valence-corrected chi connectivity index (χ0v) is 14.0. The molecule has 5 nitrogen and oxygen atoms in total. The minimum absolute atomic E-state index is 0.376. The van der Waals surface area contributed by atoms with Crippen molar-refractivity contribution in [1.82, 2.24) is 15.1 Å². The Bertz CT molecular complexity index is 645. The lowest BCUT2D eigenvalue weighted by Crippen LogP contribution is -2.37. The summed E-state index contributed by atoms with van der Waals surface area (Å²) in [7, 11) is 3.65. The summed E-state index contributed by atoms with van der Waals surface area (Å²) in [6.07, 6.45) is 6.64. The molecule has 1 aromatic rings. The molecule has 2 heterocycles. The van der Waals surface area contributed by atoms with Crippen molar-refractivity contribution in [3.63, 3.8) is 0 Å². The first-order valence-corrected chi connectivity index (χ1v) is 7.76. The van der Waals surface area contributed by atoms with Crippen molar-refractivity contribution in [3.05, 3.63) is 28.4 Å². The quantitative estimate of drug-likeness (QED) is 0.900. The fourth-order valence-electron chi connectivity index (χ4n) is 2.89. The van der Waals surface area contributed by atoms with Crippen LogP contribution in [-0.2, 0) is 4.74 Å². The summed E-state index contributed by atoms with van der Waals surface area (Å²) < 4.78 is 5.43. The molecular formula is C17H26N4O. The number of nitrogens with one attached hydrogen (secondary N) is 1. The molecule has 0 unspecified atom stereocenters. The van der Waals surface area contributed by atoms with Crippen molar-refractivity contribution in [2.24, 2.45) is 0 Å². The number of ether oxygens (including phenoxy) is 1. The van der Waals surface area contributed by atoms with Crippen LogP contribution in [0.4, 0.5) is 5.82 Å². The van der Waals surface area contributed by atoms with Gasteiger partial charge in [-0.1, -0.05) is 12.7 Å². The van der Waals surface area contributed by atoms with E-state index >= 15 is 0 Å². The molecule has 0 radical (unpaired) electrons. The van der Waals surface area contributed by atoms with Crippen molar-refractivity contribution >= 4 is 18.0 Å². The Hall–Kier alpha value is -1.88. The van der Waals surface area contributed by atoms with E-state index in [-0.39, 0.29) is 0 Å². The number of methoxy groups -OCH3 is 1. The Kier molecular flexibility index (Phi) is 5.55. The number of aryl methyl sites for hydroxylation is 1. The van der Waals surface area contributed by atoms with Crippen LogP contribution in [0.15, 0.2) is 12.3 Å². The Morgan fingerprint density at radius 1 is 1.32 bits per heavy atom. The normalized spacial score (nSPS) is 17.9. The third kappa shape index (κ3) is 3.47. The molecule has 1 aliphatic rings. The minimum atomic E-state index is 0.376. The third-order valence-electron chi connectivity index (χ3n) is 4.25. The van der Waals surface area contributed by atoms with Gasteiger partial charge in [-0.25, -0.2) is 0 Å². The van der Waals surface area contributed by atoms with E-state index in [4.69, 9.17) is 4.74 Å². The number of aromatic nitrogens is 2. The summed E-state index contributed by atoms with van der Waals surface area (Å²) >= 11 is 0. The van der Waals surface area contributed by atoms with Crippen molar-refractivity contribution in [1.29, 1.82) is 0 Å². The maximum Gasteiger partial charge on any atom is 0.156 e. The monoisotopic (exact) mass is 302 g/mol. The van der Waals surface area contributed by atoms with E-state index in [1.54, 1.807) is 7.11 Å². The molecule has 1 fully saturated rings. The number of nitrogens with zero attached hydrogens (tertiary/aromatic N) is 3. The molecule has 0 aliphatic carbocycles. The maximum absolute atomic E-state index is 5.43. The van der Waals surface area contributed by atoms with Gasteiger partial charge in [0.25, 0.3) is 0 Å². The second-order valence-corrected chi connectivity index (χ2v) is 5.56. The van der Waals surface area contributed by atoms with Gasteiger partial charge in [-0.2, -0.15) is 5.10 Å². The second kappa shape index (κ2) is 7.40. The number of hydrogen-bond donors (Lipinski definition) is 1. The zero-order valence-electron chi connectivity index (χ0n) is 14.0. The molecule has 0 spiro atoms. The highest BCUT2D eigenvalue weighted by molar-refractivity contribution is 5.53. The average molecular weight is 302 g/mol. The fraction of sp³-hybridized carbons (Fsp3) is 0.529. The predicted molar refractivity (Wildman–Crippen MR) is 90.9 cm³/mol. The summed E-state index contributed by atoms with van der Waals surface area (Å²) in [5.74, 6) is 0.784. The predicted octanol–water partition coefficient (Wildman–Crippen LogP) is 1.03. The fourth-order valence-corrected chi connectivity index (χ4v) is 2.89. The lowest BCUT2D eigenvalue weighted by atomic mass is 10.1. The summed E-state index contributed by atoms with van der Waals surface area (Å²) in [6.45, 7) is 10.2. The van der Waals surface area contributed by atoms with Crippen LogP contribution in [0.3, 0.4) is 0 Å². The molecule has 0 atom stereocenters. The van der Waals surface area contributed by atoms with Gasteiger partial charge in [0.15, 0.2) is 5.82 Å². The summed E-state index contributed by atoms with van der Waals surface area (Å²) in [6, 6.07) is 0. The van der Waals surface area contributed by atoms with E-state index in [2.05, 4.69) is 39.1 Å². The van der Waals surface area contributed by atoms with Crippen LogP contribution in [0.25, 0.3) is 12.2 Å². The number of rotatable bonds is 4. The highest BCUT2D eigenvalue weighted by atomic mass is 16.5. The van der Waals surface area contributed by atoms with E-state index in [0.717, 1.165) is 53.6 Å². The lowest BCUT2D eigenvalue weighted by molar-refractivity contribution is 0.0518. The van der Waals surface area contributed by atoms with Gasteiger partial charge < -0.3 is 15.0 Å². The van der Waals surface area contributed by atoms with Crippen molar-refractivity contribution in [2.45, 2.75) is 32.8 Å². The molecule has 1 saturated heterocycles. The van der Waals surface area contributed by atoms with Gasteiger partial charge in [0.1, 0.15) is 0 Å². The number of likely N-dealkylation sites (tertiary alicyclic amines) is 1. The Labute approximate surface area is 132 Å². The van der Waals surface area contributed by atoms with Gasteiger partial charge in [0, 0.05) is 43.4 Å². The van der Waals surface area contributed by atoms with E-state index in [1.165, 1.54) is 0 Å². The van der Waals surface area contributed by atoms with E-state index in [1.807, 2.05) is 20.9 Å². The third-order valence-corrected chi connectivity index (χ3v) is 4.25. The molecular weight excluding hydrogens is 276 g/mol. The van der Waals surface area contributed by atoms with Gasteiger partial charge in [-0.15, -0.1) is 5.10 Å². The van der Waals surface area contributed by atoms with Crippen LogP contribution in [-0.4, -0.2) is 48.4 Å². The smallest absolute Gasteiger partial charge is 0.156 e. The van der Waals surface area contributed by atoms with Crippen molar-refractivity contribution < 1.29 is 4.74 Å². The van der Waals surface area contributed by atoms with Crippen LogP contribution in [0.1, 0.15) is 25.5 Å². The molecule has 0 bridgehead atoms. The average Bonchev–Trinajstić information content (AvgIpc) is 2.55. The topological polar surface area (TPSA) is 50.3 Å². The number of hydrogen-bond acceptors (Lipinski definition) is 5. The van der Waals surface area contributed by atoms with Crippen LogP contribution < -0.4 is 15.8 Å². The molecule has 120 valence electrons. The van der Waals surface area contributed by atoms with Gasteiger partial charge in [0.05, 0.1) is 11.8 Å². The summed E-state index contributed by atoms with van der Waals surface area (Å²) in [5, 5.41) is 13.7. The zero-order chi connectivity index (χ0) is 16.1. The van der Waals surface area contributed by atoms with E-state index < -0.39 is 0 Å². The molecule has 22 heavy (non-hydrogen) atoms. The standard InChI is InChI=1S/C17H26N4O/c1-6-15-13(3)19-20-17(18-4)16(15)11-12(2)21-9-7-14(22-5)8-10-21/h6,11,14H,2,7-10H2,1,3-5H3,(H,18,20)/b15-6-,16-11+. The molecule has 1 aromatic heterocycles. The van der Waals surface area contributed by atoms with E-state index in [9.17, 15) is 0 Å². The van der Waals surface area contributed by atoms with Gasteiger partial charge in [0.2, 0.25) is 0 Å². The van der Waals surface area contributed by atoms with Crippen molar-refractivity contribution in [3.8, 4) is 0 Å². The van der Waals surface area contributed by atoms with Crippen LogP contribution in [0.5, 0.6) is 0 Å². The molecule has 0 aromatic carbocycles. The summed E-state index contributed by atoms with van der Waals surface area (Å²) in [4.78, 5) is 2.31. The number of allylic oxidation sites excluding steroid dienone is 1. The largest absolute Gasteiger partial charge is 0.381 e. The van der Waals surface area contributed by atoms with Gasteiger partial charge >= 0.3 is 0 Å². The molecule has 1 aliphatic heterocycles. The minimum Gasteiger partial charge on any atom is -0.381 e. The summed E-state index contributed by atoms with van der Waals surface area (Å²) in [5.41, 5.74) is 1.94. The molecule has 1 N–H and O–H groups in total. The Morgan fingerprint density at radius 2 is 2.00 bits per heavy atom. The van der Waals surface area contributed by atoms with Crippen molar-refractivity contribution in [2.75, 3.05) is 32.6 Å². The number of piperidine rings is 1. The molecule has 2 rings (SSSR count). The lowest BCUT2D eigenvalue weighted by Gasteiger charge is -2.33. The first kappa shape index (κ1) is 16.5. The number of anilines is 1. The van der Waals surface area contributed by atoms with Gasteiger partial charge in [-0.05, 0) is 32.8 Å². The van der Waals surface area contributed by atoms with Crippen LogP contribution >= 0.6 is 0 Å². The molecule has 0 saturated carbocycles. The Balaban J connectivity index is 2.33. The van der Waals surface area contributed by atoms with Crippen LogP contribution in [0.2, 0.25) is 0 Å². The van der Waals surface area contributed by atoms with Crippen LogP contribution in [0, 0.1) is 6.92 Å². The SMILES string of the molecule is C=C(/C=c1/c(NC)nnc(C)/c1=C/C)N1CCC(OC)CC1. The highest BCUT2D eigenvalue weighted by Gasteiger charge is 2.18. The van der Waals surface area contributed by atoms with Gasteiger partial charge in [-0.3, -0.25) is 0 Å². The second-order valence-electron chi connectivity index (χ2n) is 5.56. The first-order valence-electron chi connectivity index (χ1n) is 7.76. The highest BCUT2D eigenvalue weighted by Crippen LogP contribution is 2.16. The molecule has 0 amide bonds. The van der Waals surface area contributed by atoms with E-state index in [0.29, 0.717) is 6.10 Å². The maximum atomic E-state index is 5.43.